The molecular formula is C16H24ClN3O. The molecular weight excluding hydrogens is 286 g/mol. The van der Waals surface area contributed by atoms with E-state index >= 15 is 0 Å². The van der Waals surface area contributed by atoms with Crippen molar-refractivity contribution in [1.29, 1.82) is 0 Å². The Morgan fingerprint density at radius 1 is 1.33 bits per heavy atom. The number of hydrogen-bond acceptors (Lipinski definition) is 3. The van der Waals surface area contributed by atoms with E-state index in [9.17, 15) is 4.79 Å². The molecule has 0 spiro atoms. The van der Waals surface area contributed by atoms with Crippen LogP contribution >= 0.6 is 11.6 Å². The minimum atomic E-state index is -0.0711. The van der Waals surface area contributed by atoms with Crippen LogP contribution in [0.2, 0.25) is 5.02 Å². The van der Waals surface area contributed by atoms with Crippen molar-refractivity contribution in [3.63, 3.8) is 0 Å². The second-order valence-electron chi connectivity index (χ2n) is 6.82. The highest BCUT2D eigenvalue weighted by Gasteiger charge is 2.24. The van der Waals surface area contributed by atoms with E-state index < -0.39 is 0 Å². The summed E-state index contributed by atoms with van der Waals surface area (Å²) in [5.41, 5.74) is 0.462. The maximum absolute atomic E-state index is 12.4. The van der Waals surface area contributed by atoms with Crippen molar-refractivity contribution in [3.8, 4) is 0 Å². The Balaban J connectivity index is 1.67. The first-order valence-corrected chi connectivity index (χ1v) is 8.50. The molecule has 0 saturated heterocycles. The van der Waals surface area contributed by atoms with Gasteiger partial charge >= 0.3 is 0 Å². The number of hydrogen-bond donors (Lipinski definition) is 1. The molecule has 0 radical (unpaired) electrons. The lowest BCUT2D eigenvalue weighted by molar-refractivity contribution is 0.293. The van der Waals surface area contributed by atoms with Crippen LogP contribution < -0.4 is 10.9 Å². The van der Waals surface area contributed by atoms with Gasteiger partial charge in [0.1, 0.15) is 5.69 Å². The van der Waals surface area contributed by atoms with Gasteiger partial charge in [0.25, 0.3) is 5.56 Å². The summed E-state index contributed by atoms with van der Waals surface area (Å²) in [5, 5.41) is 7.90. The first-order valence-electron chi connectivity index (χ1n) is 8.13. The summed E-state index contributed by atoms with van der Waals surface area (Å²) in [6.45, 7) is 3.88. The Kier molecular flexibility index (Phi) is 4.53. The highest BCUT2D eigenvalue weighted by molar-refractivity contribution is 6.32. The molecule has 5 heteroatoms. The first-order chi connectivity index (χ1) is 10.1. The van der Waals surface area contributed by atoms with Gasteiger partial charge in [-0.3, -0.25) is 4.79 Å². The van der Waals surface area contributed by atoms with Crippen molar-refractivity contribution >= 4 is 17.3 Å². The van der Waals surface area contributed by atoms with Gasteiger partial charge in [-0.1, -0.05) is 31.4 Å². The number of anilines is 1. The minimum absolute atomic E-state index is 0.0711. The average molecular weight is 310 g/mol. The smallest absolute Gasteiger partial charge is 0.291 e. The Bertz CT molecular complexity index is 553. The zero-order valence-electron chi connectivity index (χ0n) is 12.6. The van der Waals surface area contributed by atoms with Crippen LogP contribution in [0.15, 0.2) is 11.0 Å². The highest BCUT2D eigenvalue weighted by Crippen LogP contribution is 2.31. The van der Waals surface area contributed by atoms with Gasteiger partial charge in [-0.15, -0.1) is 0 Å². The summed E-state index contributed by atoms with van der Waals surface area (Å²) in [6.07, 6.45) is 9.13. The van der Waals surface area contributed by atoms with Gasteiger partial charge in [-0.05, 0) is 43.4 Å². The zero-order valence-corrected chi connectivity index (χ0v) is 13.4. The second-order valence-corrected chi connectivity index (χ2v) is 7.22. The minimum Gasteiger partial charge on any atom is -0.379 e. The van der Waals surface area contributed by atoms with Crippen molar-refractivity contribution in [2.75, 3.05) is 11.9 Å². The highest BCUT2D eigenvalue weighted by atomic mass is 35.5. The third kappa shape index (κ3) is 3.79. The van der Waals surface area contributed by atoms with E-state index in [-0.39, 0.29) is 5.56 Å². The fraction of sp³-hybridized carbons (Fsp3) is 0.750. The van der Waals surface area contributed by atoms with E-state index in [1.54, 1.807) is 10.9 Å². The summed E-state index contributed by atoms with van der Waals surface area (Å²) < 4.78 is 1.56. The summed E-state index contributed by atoms with van der Waals surface area (Å²) in [4.78, 5) is 12.4. The molecule has 0 aliphatic heterocycles. The van der Waals surface area contributed by atoms with Crippen LogP contribution in [0.5, 0.6) is 0 Å². The van der Waals surface area contributed by atoms with Crippen molar-refractivity contribution < 1.29 is 0 Å². The van der Waals surface area contributed by atoms with Gasteiger partial charge < -0.3 is 5.32 Å². The number of nitrogens with one attached hydrogen (secondary N) is 1. The average Bonchev–Trinajstić information content (AvgIpc) is 3.26. The molecule has 3 rings (SSSR count). The zero-order chi connectivity index (χ0) is 14.8. The van der Waals surface area contributed by atoms with Crippen molar-refractivity contribution in [1.82, 2.24) is 9.78 Å². The van der Waals surface area contributed by atoms with E-state index in [2.05, 4.69) is 17.3 Å². The van der Waals surface area contributed by atoms with Crippen molar-refractivity contribution in [3.05, 3.63) is 21.6 Å². The molecule has 0 aromatic carbocycles. The van der Waals surface area contributed by atoms with Gasteiger partial charge in [0.15, 0.2) is 0 Å². The lowest BCUT2D eigenvalue weighted by atomic mass is 9.82. The molecule has 2 fully saturated rings. The molecule has 2 aliphatic carbocycles. The molecule has 1 aromatic heterocycles. The molecule has 1 heterocycles. The molecule has 0 bridgehead atoms. The molecule has 2 atom stereocenters. The number of nitrogens with zero attached hydrogens (tertiary/aromatic N) is 2. The third-order valence-electron chi connectivity index (χ3n) is 4.74. The quantitative estimate of drug-likeness (QED) is 0.905. The summed E-state index contributed by atoms with van der Waals surface area (Å²) in [7, 11) is 0. The van der Waals surface area contributed by atoms with Crippen molar-refractivity contribution in [2.45, 2.75) is 52.0 Å². The predicted molar refractivity (Wildman–Crippen MR) is 85.8 cm³/mol. The van der Waals surface area contributed by atoms with Gasteiger partial charge in [0, 0.05) is 13.1 Å². The van der Waals surface area contributed by atoms with Gasteiger partial charge in [0.05, 0.1) is 11.2 Å². The van der Waals surface area contributed by atoms with E-state index in [1.165, 1.54) is 38.5 Å². The van der Waals surface area contributed by atoms with E-state index in [0.29, 0.717) is 22.5 Å². The van der Waals surface area contributed by atoms with E-state index in [4.69, 9.17) is 11.6 Å². The van der Waals surface area contributed by atoms with Gasteiger partial charge in [-0.2, -0.15) is 5.10 Å². The van der Waals surface area contributed by atoms with Crippen LogP contribution in [0.1, 0.15) is 45.4 Å². The van der Waals surface area contributed by atoms with E-state index in [0.717, 1.165) is 19.0 Å². The Labute approximate surface area is 130 Å². The van der Waals surface area contributed by atoms with Crippen LogP contribution in [-0.4, -0.2) is 16.3 Å². The SMILES string of the molecule is CC1CCCC(CNc2c(Cl)cnn(CC3CC3)c2=O)C1. The largest absolute Gasteiger partial charge is 0.379 e. The van der Waals surface area contributed by atoms with Crippen LogP contribution in [0.4, 0.5) is 5.69 Å². The predicted octanol–water partition coefficient (Wildman–Crippen LogP) is 3.54. The topological polar surface area (TPSA) is 46.9 Å². The number of halogens is 1. The Morgan fingerprint density at radius 3 is 2.86 bits per heavy atom. The lowest BCUT2D eigenvalue weighted by Crippen LogP contribution is -2.29. The molecule has 2 aliphatic rings. The summed E-state index contributed by atoms with van der Waals surface area (Å²) >= 11 is 6.16. The van der Waals surface area contributed by atoms with Crippen LogP contribution in [0, 0.1) is 17.8 Å². The molecule has 2 unspecified atom stereocenters. The van der Waals surface area contributed by atoms with Crippen molar-refractivity contribution in [2.24, 2.45) is 17.8 Å². The molecule has 0 amide bonds. The van der Waals surface area contributed by atoms with Gasteiger partial charge in [-0.25, -0.2) is 4.68 Å². The van der Waals surface area contributed by atoms with E-state index in [1.807, 2.05) is 0 Å². The second kappa shape index (κ2) is 6.39. The Hall–Kier alpha value is -1.03. The summed E-state index contributed by atoms with van der Waals surface area (Å²) in [6, 6.07) is 0. The maximum Gasteiger partial charge on any atom is 0.291 e. The molecule has 1 N–H and O–H groups in total. The maximum atomic E-state index is 12.4. The lowest BCUT2D eigenvalue weighted by Gasteiger charge is -2.27. The van der Waals surface area contributed by atoms with Crippen LogP contribution in [0.25, 0.3) is 0 Å². The molecule has 4 nitrogen and oxygen atoms in total. The van der Waals surface area contributed by atoms with Crippen LogP contribution in [-0.2, 0) is 6.54 Å². The van der Waals surface area contributed by atoms with Crippen LogP contribution in [0.3, 0.4) is 0 Å². The first kappa shape index (κ1) is 14.9. The number of aromatic nitrogens is 2. The van der Waals surface area contributed by atoms with Gasteiger partial charge in [0.2, 0.25) is 0 Å². The Morgan fingerprint density at radius 2 is 2.14 bits per heavy atom. The normalized spacial score (nSPS) is 25.8. The molecule has 1 aromatic rings. The number of rotatable bonds is 5. The molecule has 21 heavy (non-hydrogen) atoms. The summed E-state index contributed by atoms with van der Waals surface area (Å²) in [5.74, 6) is 2.07. The molecule has 2 saturated carbocycles. The molecule has 116 valence electrons. The fourth-order valence-corrected chi connectivity index (χ4v) is 3.49. The monoisotopic (exact) mass is 309 g/mol. The standard InChI is InChI=1S/C16H24ClN3O/c1-11-3-2-4-13(7-11)8-18-15-14(17)9-19-20(16(15)21)10-12-5-6-12/h9,11-13,18H,2-8,10H2,1H3. The third-order valence-corrected chi connectivity index (χ3v) is 5.02. The fourth-order valence-electron chi connectivity index (χ4n) is 3.30.